The minimum absolute atomic E-state index is 0.0688. The van der Waals surface area contributed by atoms with Gasteiger partial charge in [0.1, 0.15) is 0 Å². The Morgan fingerprint density at radius 1 is 1.27 bits per heavy atom. The van der Waals surface area contributed by atoms with E-state index in [0.717, 1.165) is 44.1 Å². The second-order valence-corrected chi connectivity index (χ2v) is 7.66. The number of aliphatic hydroxyl groups is 1. The van der Waals surface area contributed by atoms with Crippen LogP contribution >= 0.6 is 0 Å². The van der Waals surface area contributed by atoms with Crippen molar-refractivity contribution in [2.24, 2.45) is 17.3 Å². The molecule has 1 aromatic carbocycles. The summed E-state index contributed by atoms with van der Waals surface area (Å²) in [6.45, 7) is 2.26. The van der Waals surface area contributed by atoms with Crippen LogP contribution in [0.15, 0.2) is 18.2 Å². The van der Waals surface area contributed by atoms with Crippen LogP contribution < -0.4 is 0 Å². The molecule has 2 saturated carbocycles. The second-order valence-electron chi connectivity index (χ2n) is 7.66. The maximum Gasteiger partial charge on any atom is 0.272 e. The maximum absolute atomic E-state index is 11.3. The molecule has 0 heterocycles. The Labute approximate surface area is 130 Å². The van der Waals surface area contributed by atoms with Crippen LogP contribution in [0.2, 0.25) is 0 Å². The maximum atomic E-state index is 11.3. The lowest BCUT2D eigenvalue weighted by Crippen LogP contribution is -2.44. The van der Waals surface area contributed by atoms with E-state index < -0.39 is 0 Å². The number of hydrogen-bond acceptors (Lipinski definition) is 3. The van der Waals surface area contributed by atoms with Crippen molar-refractivity contribution >= 4 is 5.69 Å². The average molecular weight is 301 g/mol. The fourth-order valence-electron chi connectivity index (χ4n) is 5.74. The summed E-state index contributed by atoms with van der Waals surface area (Å²) in [4.78, 5) is 11.1. The molecule has 0 bridgehead atoms. The predicted octanol–water partition coefficient (Wildman–Crippen LogP) is 3.81. The number of aliphatic hydroxyl groups excluding tert-OH is 1. The van der Waals surface area contributed by atoms with Crippen LogP contribution in [-0.4, -0.2) is 16.1 Å². The Hall–Kier alpha value is -1.42. The highest BCUT2D eigenvalue weighted by atomic mass is 16.6. The molecule has 118 valence electrons. The van der Waals surface area contributed by atoms with E-state index in [1.807, 2.05) is 6.07 Å². The Kier molecular flexibility index (Phi) is 3.09. The molecule has 0 aliphatic heterocycles. The van der Waals surface area contributed by atoms with Crippen LogP contribution in [-0.2, 0) is 6.42 Å². The molecule has 0 aromatic heterocycles. The zero-order valence-corrected chi connectivity index (χ0v) is 13.0. The molecule has 4 nitrogen and oxygen atoms in total. The van der Waals surface area contributed by atoms with Crippen molar-refractivity contribution in [3.63, 3.8) is 0 Å². The standard InChI is InChI=1S/C18H23NO3/c1-18-10-9-12-11-3-2-4-16(19(21)22)14(11)6-5-13(12)15(18)7-8-17(18)20/h2-4,12-13,15,17,20H,5-10H2,1H3. The van der Waals surface area contributed by atoms with E-state index in [1.165, 1.54) is 5.56 Å². The van der Waals surface area contributed by atoms with Crippen molar-refractivity contribution in [2.45, 2.75) is 57.5 Å². The number of rotatable bonds is 1. The molecular formula is C18H23NO3. The minimum atomic E-state index is -0.231. The summed E-state index contributed by atoms with van der Waals surface area (Å²) in [7, 11) is 0. The first kappa shape index (κ1) is 14.2. The van der Waals surface area contributed by atoms with Gasteiger partial charge in [-0.25, -0.2) is 0 Å². The van der Waals surface area contributed by atoms with E-state index in [-0.39, 0.29) is 16.4 Å². The third-order valence-corrected chi connectivity index (χ3v) is 6.90. The first-order chi connectivity index (χ1) is 10.5. The molecule has 4 rings (SSSR count). The number of hydrogen-bond donors (Lipinski definition) is 1. The summed E-state index contributed by atoms with van der Waals surface area (Å²) in [6, 6.07) is 5.59. The normalized spacial score (nSPS) is 39.7. The molecule has 22 heavy (non-hydrogen) atoms. The van der Waals surface area contributed by atoms with E-state index in [2.05, 4.69) is 13.0 Å². The van der Waals surface area contributed by atoms with E-state index in [1.54, 1.807) is 6.07 Å². The smallest absolute Gasteiger partial charge is 0.272 e. The van der Waals surface area contributed by atoms with Crippen LogP contribution in [0.4, 0.5) is 5.69 Å². The largest absolute Gasteiger partial charge is 0.393 e. The van der Waals surface area contributed by atoms with Crippen LogP contribution in [0.3, 0.4) is 0 Å². The summed E-state index contributed by atoms with van der Waals surface area (Å²) in [5, 5.41) is 21.7. The third kappa shape index (κ3) is 1.79. The molecule has 3 aliphatic carbocycles. The fraction of sp³-hybridized carbons (Fsp3) is 0.667. The number of fused-ring (bicyclic) bond motifs is 5. The van der Waals surface area contributed by atoms with Crippen LogP contribution in [0, 0.1) is 27.4 Å². The average Bonchev–Trinajstić information content (AvgIpc) is 2.82. The van der Waals surface area contributed by atoms with Gasteiger partial charge >= 0.3 is 0 Å². The Morgan fingerprint density at radius 2 is 2.09 bits per heavy atom. The molecule has 0 spiro atoms. The molecule has 5 atom stereocenters. The Balaban J connectivity index is 1.74. The zero-order chi connectivity index (χ0) is 15.5. The Bertz CT molecular complexity index is 629. The van der Waals surface area contributed by atoms with Gasteiger partial charge in [-0.3, -0.25) is 10.1 Å². The number of nitro benzene ring substituents is 1. The van der Waals surface area contributed by atoms with Gasteiger partial charge in [0, 0.05) is 11.6 Å². The van der Waals surface area contributed by atoms with Crippen molar-refractivity contribution in [1.29, 1.82) is 0 Å². The molecule has 0 radical (unpaired) electrons. The fourth-order valence-corrected chi connectivity index (χ4v) is 5.74. The highest BCUT2D eigenvalue weighted by Gasteiger charge is 2.54. The molecule has 0 amide bonds. The predicted molar refractivity (Wildman–Crippen MR) is 83.7 cm³/mol. The van der Waals surface area contributed by atoms with Crippen molar-refractivity contribution in [2.75, 3.05) is 0 Å². The monoisotopic (exact) mass is 301 g/mol. The van der Waals surface area contributed by atoms with Crippen LogP contribution in [0.5, 0.6) is 0 Å². The SMILES string of the molecule is CC12CCC3c4cccc([N+](=O)[O-])c4CCC3C1CCC2O. The summed E-state index contributed by atoms with van der Waals surface area (Å²) in [6.07, 6.45) is 5.83. The molecule has 2 fully saturated rings. The van der Waals surface area contributed by atoms with E-state index >= 15 is 0 Å². The van der Waals surface area contributed by atoms with Crippen molar-refractivity contribution in [1.82, 2.24) is 0 Å². The minimum Gasteiger partial charge on any atom is -0.393 e. The van der Waals surface area contributed by atoms with Crippen molar-refractivity contribution in [3.05, 3.63) is 39.4 Å². The van der Waals surface area contributed by atoms with E-state index in [0.29, 0.717) is 23.4 Å². The number of nitrogens with zero attached hydrogens (tertiary/aromatic N) is 1. The zero-order valence-electron chi connectivity index (χ0n) is 13.0. The molecular weight excluding hydrogens is 278 g/mol. The van der Waals surface area contributed by atoms with Gasteiger partial charge in [-0.15, -0.1) is 0 Å². The lowest BCUT2D eigenvalue weighted by molar-refractivity contribution is -0.385. The first-order valence-corrected chi connectivity index (χ1v) is 8.46. The third-order valence-electron chi connectivity index (χ3n) is 6.90. The molecule has 5 unspecified atom stereocenters. The Morgan fingerprint density at radius 3 is 2.86 bits per heavy atom. The van der Waals surface area contributed by atoms with Gasteiger partial charge in [0.25, 0.3) is 5.69 Å². The summed E-state index contributed by atoms with van der Waals surface area (Å²) >= 11 is 0. The van der Waals surface area contributed by atoms with Crippen LogP contribution in [0.25, 0.3) is 0 Å². The summed E-state index contributed by atoms with van der Waals surface area (Å²) in [5.74, 6) is 1.62. The van der Waals surface area contributed by atoms with E-state index in [9.17, 15) is 15.2 Å². The molecule has 3 aliphatic rings. The first-order valence-electron chi connectivity index (χ1n) is 8.46. The van der Waals surface area contributed by atoms with Crippen molar-refractivity contribution in [3.8, 4) is 0 Å². The van der Waals surface area contributed by atoms with Gasteiger partial charge in [-0.2, -0.15) is 0 Å². The van der Waals surface area contributed by atoms with Gasteiger partial charge < -0.3 is 5.11 Å². The lowest BCUT2D eigenvalue weighted by Gasteiger charge is -2.49. The number of benzene rings is 1. The second kappa shape index (κ2) is 4.79. The van der Waals surface area contributed by atoms with Gasteiger partial charge in [0.2, 0.25) is 0 Å². The lowest BCUT2D eigenvalue weighted by atomic mass is 9.55. The van der Waals surface area contributed by atoms with Gasteiger partial charge in [-0.1, -0.05) is 19.1 Å². The molecule has 1 aromatic rings. The van der Waals surface area contributed by atoms with Crippen LogP contribution in [0.1, 0.15) is 56.1 Å². The van der Waals surface area contributed by atoms with Gasteiger partial charge in [0.15, 0.2) is 0 Å². The number of nitro groups is 1. The molecule has 1 N–H and O–H groups in total. The quantitative estimate of drug-likeness (QED) is 0.633. The summed E-state index contributed by atoms with van der Waals surface area (Å²) in [5.41, 5.74) is 2.56. The molecule has 0 saturated heterocycles. The van der Waals surface area contributed by atoms with E-state index in [4.69, 9.17) is 0 Å². The van der Waals surface area contributed by atoms with Crippen molar-refractivity contribution < 1.29 is 10.0 Å². The topological polar surface area (TPSA) is 63.4 Å². The molecule has 4 heteroatoms. The highest BCUT2D eigenvalue weighted by molar-refractivity contribution is 5.49. The summed E-state index contributed by atoms with van der Waals surface area (Å²) < 4.78 is 0. The van der Waals surface area contributed by atoms with Gasteiger partial charge in [0.05, 0.1) is 11.0 Å². The van der Waals surface area contributed by atoms with Gasteiger partial charge in [-0.05, 0) is 67.3 Å². The highest BCUT2D eigenvalue weighted by Crippen LogP contribution is 2.61.